The van der Waals surface area contributed by atoms with Crippen molar-refractivity contribution >= 4 is 43.9 Å². The summed E-state index contributed by atoms with van der Waals surface area (Å²) in [4.78, 5) is 37.4. The number of benzene rings is 1. The van der Waals surface area contributed by atoms with Crippen LogP contribution >= 0.6 is 15.9 Å². The maximum absolute atomic E-state index is 12.5. The molecule has 0 aliphatic carbocycles. The van der Waals surface area contributed by atoms with E-state index in [1.165, 1.54) is 44.4 Å². The maximum Gasteiger partial charge on any atom is 0.410 e. The summed E-state index contributed by atoms with van der Waals surface area (Å²) in [7, 11) is -0.893. The molecule has 4 N–H and O–H groups in total. The molecule has 0 heterocycles. The molecular formula is C26H38BrN5O7S. The molecule has 222 valence electrons. The summed E-state index contributed by atoms with van der Waals surface area (Å²) in [5, 5.41) is 23.0. The van der Waals surface area contributed by atoms with Gasteiger partial charge in [-0.25, -0.2) is 18.4 Å². The molecular weight excluding hydrogens is 606 g/mol. The lowest BCUT2D eigenvalue weighted by molar-refractivity contribution is -0.812. The minimum atomic E-state index is -3.80. The lowest BCUT2D eigenvalue weighted by Crippen LogP contribution is -2.39. The molecule has 1 aromatic carbocycles. The molecule has 0 spiro atoms. The fourth-order valence-electron chi connectivity index (χ4n) is 3.34. The molecule has 0 fully saturated rings. The number of hydrogen-bond donors (Lipinski definition) is 3. The number of unbranched alkanes of at least 4 members (excludes halogenated alkanes) is 4. The molecule has 0 bridgehead atoms. The number of amides is 3. The number of quaternary nitrogens is 1. The molecule has 12 nitrogen and oxygen atoms in total. The average Bonchev–Trinajstić information content (AvgIpc) is 2.89. The third kappa shape index (κ3) is 13.9. The summed E-state index contributed by atoms with van der Waals surface area (Å²) in [6.45, 7) is 0.894. The normalized spacial score (nSPS) is 13.1. The van der Waals surface area contributed by atoms with Gasteiger partial charge in [0.15, 0.2) is 4.61 Å². The van der Waals surface area contributed by atoms with E-state index in [1.54, 1.807) is 0 Å². The van der Waals surface area contributed by atoms with Gasteiger partial charge in [0, 0.05) is 60.5 Å². The zero-order chi connectivity index (χ0) is 30.2. The number of halogens is 1. The Balaban J connectivity index is 2.18. The van der Waals surface area contributed by atoms with E-state index in [0.29, 0.717) is 36.1 Å². The van der Waals surface area contributed by atoms with Gasteiger partial charge >= 0.3 is 6.09 Å². The van der Waals surface area contributed by atoms with Crippen LogP contribution in [0.15, 0.2) is 39.8 Å². The average molecular weight is 645 g/mol. The molecule has 1 unspecified atom stereocenters. The van der Waals surface area contributed by atoms with Crippen LogP contribution in [0.1, 0.15) is 48.9 Å². The minimum Gasteiger partial charge on any atom is -0.627 e. The number of carbonyl (C=O) groups excluding carboxylic acids is 3. The highest BCUT2D eigenvalue weighted by Gasteiger charge is 2.17. The van der Waals surface area contributed by atoms with Gasteiger partial charge in [-0.05, 0) is 37.1 Å². The smallest absolute Gasteiger partial charge is 0.410 e. The first-order chi connectivity index (χ1) is 18.8. The van der Waals surface area contributed by atoms with Gasteiger partial charge in [0.25, 0.3) is 5.91 Å². The topological polar surface area (TPSA) is 171 Å². The van der Waals surface area contributed by atoms with Crippen LogP contribution in [0, 0.1) is 17.6 Å². The molecule has 0 saturated carbocycles. The zero-order valence-corrected chi connectivity index (χ0v) is 25.3. The predicted octanol–water partition coefficient (Wildman–Crippen LogP) is 2.40. The number of nitrogens with two attached hydrogens (primary N) is 1. The quantitative estimate of drug-likeness (QED) is 0.0769. The molecule has 0 aliphatic heterocycles. The molecule has 40 heavy (non-hydrogen) atoms. The number of rotatable bonds is 17. The van der Waals surface area contributed by atoms with Gasteiger partial charge in [-0.2, -0.15) is 0 Å². The number of nitrogens with one attached hydrogen (secondary N) is 2. The monoisotopic (exact) mass is 643 g/mol. The summed E-state index contributed by atoms with van der Waals surface area (Å²) >= 11 is 3.22. The van der Waals surface area contributed by atoms with Crippen molar-refractivity contribution in [1.82, 2.24) is 15.5 Å². The van der Waals surface area contributed by atoms with E-state index in [4.69, 9.17) is 16.3 Å². The Kier molecular flexibility index (Phi) is 15.5. The van der Waals surface area contributed by atoms with Crippen LogP contribution in [0.3, 0.4) is 0 Å². The first-order valence-electron chi connectivity index (χ1n) is 12.7. The number of hydrogen-bond acceptors (Lipinski definition) is 7. The van der Waals surface area contributed by atoms with Gasteiger partial charge in [-0.1, -0.05) is 12.8 Å². The standard InChI is InChI=1S/C26H38BrN5O7S/c1-4-5-10-18-32(3,36)23(27)15-19-39-26(35)31(2)20-24(33)29-16-8-6-7-9-17-30-25(34)21-11-13-22(14-12-21)40(28,37)38/h1,11-15H,5-10,16-20H2,2-3H3,(H,29,33)(H,30,34)(H2,28,37,38). The number of primary sulfonamides is 1. The number of likely N-dealkylation sites (N-methyl/N-ethyl adjacent to an activating group) is 1. The van der Waals surface area contributed by atoms with Gasteiger partial charge in [0.1, 0.15) is 13.2 Å². The van der Waals surface area contributed by atoms with Gasteiger partial charge in [-0.3, -0.25) is 9.59 Å². The van der Waals surface area contributed by atoms with E-state index in [9.17, 15) is 28.0 Å². The second-order valence-corrected chi connectivity index (χ2v) is 11.6. The van der Waals surface area contributed by atoms with Crippen LogP contribution in [0.2, 0.25) is 0 Å². The molecule has 14 heteroatoms. The first-order valence-corrected chi connectivity index (χ1v) is 15.0. The SMILES string of the molecule is C#CCCC[N+](C)([O-])C(Br)=CCOC(=O)N(C)CC(=O)NCCCCCCNC(=O)c1ccc(S(N)(=O)=O)cc1. The van der Waals surface area contributed by atoms with E-state index in [2.05, 4.69) is 32.5 Å². The number of terminal acetylenes is 1. The summed E-state index contributed by atoms with van der Waals surface area (Å²) in [6, 6.07) is 5.37. The lowest BCUT2D eigenvalue weighted by atomic mass is 10.2. The Labute approximate surface area is 244 Å². The number of carbonyl (C=O) groups is 3. The van der Waals surface area contributed by atoms with Crippen LogP contribution in [-0.2, 0) is 19.6 Å². The number of nitrogens with zero attached hydrogens (tertiary/aromatic N) is 2. The van der Waals surface area contributed by atoms with Gasteiger partial charge in [-0.15, -0.1) is 12.3 Å². The molecule has 1 rings (SSSR count). The Bertz CT molecular complexity index is 1160. The van der Waals surface area contributed by atoms with Crippen LogP contribution < -0.4 is 15.8 Å². The maximum atomic E-state index is 12.5. The molecule has 0 radical (unpaired) electrons. The summed E-state index contributed by atoms with van der Waals surface area (Å²) in [5.74, 6) is 1.85. The highest BCUT2D eigenvalue weighted by atomic mass is 79.9. The fourth-order valence-corrected chi connectivity index (χ4v) is 4.17. The molecule has 0 aromatic heterocycles. The Morgan fingerprint density at radius 1 is 1.12 bits per heavy atom. The van der Waals surface area contributed by atoms with E-state index < -0.39 is 20.8 Å². The summed E-state index contributed by atoms with van der Waals surface area (Å²) in [6.07, 6.45) is 10.2. The van der Waals surface area contributed by atoms with Crippen LogP contribution in [-0.4, -0.2) is 82.8 Å². The Hall–Kier alpha value is -2.96. The van der Waals surface area contributed by atoms with Crippen molar-refractivity contribution in [1.29, 1.82) is 0 Å². The van der Waals surface area contributed by atoms with Crippen molar-refractivity contribution in [2.45, 2.75) is 43.4 Å². The van der Waals surface area contributed by atoms with E-state index in [-0.39, 0.29) is 36.4 Å². The number of ether oxygens (including phenoxy) is 1. The zero-order valence-electron chi connectivity index (χ0n) is 22.9. The third-order valence-corrected chi connectivity index (χ3v) is 7.67. The largest absolute Gasteiger partial charge is 0.627 e. The fraction of sp³-hybridized carbons (Fsp3) is 0.500. The molecule has 0 aliphatic rings. The van der Waals surface area contributed by atoms with E-state index in [0.717, 1.165) is 30.6 Å². The van der Waals surface area contributed by atoms with E-state index in [1.807, 2.05) is 0 Å². The van der Waals surface area contributed by atoms with Crippen LogP contribution in [0.4, 0.5) is 4.79 Å². The van der Waals surface area contributed by atoms with Crippen LogP contribution in [0.5, 0.6) is 0 Å². The molecule has 3 amide bonds. The second kappa shape index (κ2) is 17.7. The van der Waals surface area contributed by atoms with E-state index >= 15 is 0 Å². The lowest BCUT2D eigenvalue weighted by Gasteiger charge is -2.37. The van der Waals surface area contributed by atoms with Gasteiger partial charge in [0.2, 0.25) is 15.9 Å². The van der Waals surface area contributed by atoms with Crippen molar-refractivity contribution < 1.29 is 32.2 Å². The molecule has 1 atom stereocenters. The molecule has 0 saturated heterocycles. The highest BCUT2D eigenvalue weighted by Crippen LogP contribution is 2.20. The molecule has 1 aromatic rings. The number of hydroxylamine groups is 3. The third-order valence-electron chi connectivity index (χ3n) is 5.67. The minimum absolute atomic E-state index is 0.0591. The summed E-state index contributed by atoms with van der Waals surface area (Å²) < 4.78 is 27.3. The Morgan fingerprint density at radius 3 is 2.30 bits per heavy atom. The van der Waals surface area contributed by atoms with Gasteiger partial charge in [0.05, 0.1) is 18.5 Å². The summed E-state index contributed by atoms with van der Waals surface area (Å²) in [5.41, 5.74) is 0.338. The predicted molar refractivity (Wildman–Crippen MR) is 155 cm³/mol. The van der Waals surface area contributed by atoms with Crippen molar-refractivity contribution in [2.24, 2.45) is 5.14 Å². The van der Waals surface area contributed by atoms with Crippen molar-refractivity contribution in [3.63, 3.8) is 0 Å². The van der Waals surface area contributed by atoms with Crippen molar-refractivity contribution in [3.8, 4) is 12.3 Å². The van der Waals surface area contributed by atoms with Crippen molar-refractivity contribution in [2.75, 3.05) is 46.9 Å². The Morgan fingerprint density at radius 2 is 1.73 bits per heavy atom. The van der Waals surface area contributed by atoms with Crippen molar-refractivity contribution in [3.05, 3.63) is 45.7 Å². The highest BCUT2D eigenvalue weighted by molar-refractivity contribution is 9.11. The van der Waals surface area contributed by atoms with Crippen LogP contribution in [0.25, 0.3) is 0 Å². The second-order valence-electron chi connectivity index (χ2n) is 9.18. The number of sulfonamides is 1. The first kappa shape index (κ1) is 35.1. The van der Waals surface area contributed by atoms with Gasteiger partial charge < -0.3 is 30.1 Å².